The molecular formula is C39H32N4. The molecule has 0 radical (unpaired) electrons. The third kappa shape index (κ3) is 5.27. The quantitative estimate of drug-likeness (QED) is 0.195. The van der Waals surface area contributed by atoms with E-state index >= 15 is 0 Å². The number of hydrogen-bond donors (Lipinski definition) is 0. The van der Waals surface area contributed by atoms with Gasteiger partial charge in [0.05, 0.1) is 5.69 Å². The van der Waals surface area contributed by atoms with Gasteiger partial charge in [-0.3, -0.25) is 0 Å². The Morgan fingerprint density at radius 1 is 0.465 bits per heavy atom. The van der Waals surface area contributed by atoms with Gasteiger partial charge in [-0.15, -0.1) is 0 Å². The maximum atomic E-state index is 4.92. The van der Waals surface area contributed by atoms with Crippen LogP contribution in [0.2, 0.25) is 0 Å². The Bertz CT molecular complexity index is 1920. The summed E-state index contributed by atoms with van der Waals surface area (Å²) in [7, 11) is 0. The van der Waals surface area contributed by atoms with E-state index in [9.17, 15) is 0 Å². The first kappa shape index (κ1) is 26.3. The lowest BCUT2D eigenvalue weighted by atomic mass is 10.1. The molecule has 0 aliphatic carbocycles. The molecule has 2 aromatic heterocycles. The van der Waals surface area contributed by atoms with Gasteiger partial charge in [-0.1, -0.05) is 66.7 Å². The average molecular weight is 557 g/mol. The van der Waals surface area contributed by atoms with Gasteiger partial charge in [-0.05, 0) is 104 Å². The number of anilines is 6. The van der Waals surface area contributed by atoms with Crippen LogP contribution in [0.4, 0.5) is 34.1 Å². The molecule has 0 bridgehead atoms. The smallest absolute Gasteiger partial charge is 0.137 e. The molecule has 0 saturated heterocycles. The predicted octanol–water partition coefficient (Wildman–Crippen LogP) is 10.6. The normalized spacial score (nSPS) is 11.0. The highest BCUT2D eigenvalue weighted by atomic mass is 15.2. The van der Waals surface area contributed by atoms with Crippen molar-refractivity contribution in [1.29, 1.82) is 0 Å². The van der Waals surface area contributed by atoms with E-state index in [1.165, 1.54) is 11.3 Å². The van der Waals surface area contributed by atoms with Crippen molar-refractivity contribution in [2.75, 3.05) is 9.80 Å². The Balaban J connectivity index is 1.25. The number of pyridine rings is 1. The summed E-state index contributed by atoms with van der Waals surface area (Å²) in [6, 6.07) is 53.3. The summed E-state index contributed by atoms with van der Waals surface area (Å²) >= 11 is 0. The molecule has 0 spiro atoms. The van der Waals surface area contributed by atoms with Crippen LogP contribution in [0.5, 0.6) is 0 Å². The molecule has 5 aromatic carbocycles. The Hall–Kier alpha value is -5.61. The van der Waals surface area contributed by atoms with Crippen molar-refractivity contribution in [1.82, 2.24) is 9.38 Å². The Morgan fingerprint density at radius 3 is 1.30 bits per heavy atom. The number of para-hydroxylation sites is 3. The van der Waals surface area contributed by atoms with E-state index in [4.69, 9.17) is 4.98 Å². The highest BCUT2D eigenvalue weighted by molar-refractivity contribution is 5.81. The number of rotatable bonds is 7. The third-order valence-corrected chi connectivity index (χ3v) is 7.74. The zero-order chi connectivity index (χ0) is 29.2. The molecule has 0 fully saturated rings. The fourth-order valence-electron chi connectivity index (χ4n) is 5.72. The molecule has 0 saturated carbocycles. The maximum absolute atomic E-state index is 4.92. The van der Waals surface area contributed by atoms with E-state index in [2.05, 4.69) is 186 Å². The number of aromatic nitrogens is 2. The van der Waals surface area contributed by atoms with Gasteiger partial charge in [-0.2, -0.15) is 0 Å². The van der Waals surface area contributed by atoms with Crippen LogP contribution in [0.25, 0.3) is 16.9 Å². The van der Waals surface area contributed by atoms with Crippen LogP contribution in [0, 0.1) is 13.8 Å². The molecule has 0 N–H and O–H groups in total. The predicted molar refractivity (Wildman–Crippen MR) is 179 cm³/mol. The zero-order valence-electron chi connectivity index (χ0n) is 24.3. The summed E-state index contributed by atoms with van der Waals surface area (Å²) in [5.74, 6) is 0. The SMILES string of the molecule is Cc1cc(C)n2cc(-c3ccc(N(c4ccccc4)c4ccc(N(c5ccccc5)c5ccccc5)cc4)cc3)nc2c1. The average Bonchev–Trinajstić information content (AvgIpc) is 3.49. The number of fused-ring (bicyclic) bond motifs is 1. The van der Waals surface area contributed by atoms with E-state index in [0.29, 0.717) is 0 Å². The van der Waals surface area contributed by atoms with Crippen molar-refractivity contribution >= 4 is 39.8 Å². The minimum Gasteiger partial charge on any atom is -0.311 e. The van der Waals surface area contributed by atoms with Crippen LogP contribution >= 0.6 is 0 Å². The molecule has 0 unspecified atom stereocenters. The topological polar surface area (TPSA) is 23.8 Å². The van der Waals surface area contributed by atoms with E-state index in [1.54, 1.807) is 0 Å². The van der Waals surface area contributed by atoms with Crippen molar-refractivity contribution in [2.24, 2.45) is 0 Å². The molecule has 0 aliphatic heterocycles. The van der Waals surface area contributed by atoms with Crippen LogP contribution in [0.15, 0.2) is 158 Å². The Labute approximate surface area is 252 Å². The number of imidazole rings is 1. The molecular weight excluding hydrogens is 524 g/mol. The minimum atomic E-state index is 0.970. The van der Waals surface area contributed by atoms with Crippen LogP contribution in [-0.4, -0.2) is 9.38 Å². The van der Waals surface area contributed by atoms with Crippen molar-refractivity contribution in [3.8, 4) is 11.3 Å². The van der Waals surface area contributed by atoms with Gasteiger partial charge < -0.3 is 14.2 Å². The summed E-state index contributed by atoms with van der Waals surface area (Å²) in [6.45, 7) is 4.23. The lowest BCUT2D eigenvalue weighted by Crippen LogP contribution is -2.12. The fraction of sp³-hybridized carbons (Fsp3) is 0.0513. The highest BCUT2D eigenvalue weighted by Gasteiger charge is 2.16. The molecule has 43 heavy (non-hydrogen) atoms. The second kappa shape index (κ2) is 11.3. The van der Waals surface area contributed by atoms with Gasteiger partial charge in [0.1, 0.15) is 5.65 Å². The second-order valence-corrected chi connectivity index (χ2v) is 10.8. The lowest BCUT2D eigenvalue weighted by Gasteiger charge is -2.28. The van der Waals surface area contributed by atoms with Crippen molar-refractivity contribution in [2.45, 2.75) is 13.8 Å². The largest absolute Gasteiger partial charge is 0.311 e. The second-order valence-electron chi connectivity index (χ2n) is 10.8. The van der Waals surface area contributed by atoms with Crippen LogP contribution in [-0.2, 0) is 0 Å². The summed E-state index contributed by atoms with van der Waals surface area (Å²) < 4.78 is 2.16. The van der Waals surface area contributed by atoms with Gasteiger partial charge in [0.25, 0.3) is 0 Å². The van der Waals surface area contributed by atoms with E-state index < -0.39 is 0 Å². The molecule has 4 nitrogen and oxygen atoms in total. The summed E-state index contributed by atoms with van der Waals surface area (Å²) in [5.41, 5.74) is 12.0. The molecule has 2 heterocycles. The molecule has 208 valence electrons. The van der Waals surface area contributed by atoms with Crippen molar-refractivity contribution in [3.05, 3.63) is 169 Å². The number of nitrogens with zero attached hydrogens (tertiary/aromatic N) is 4. The molecule has 0 aliphatic rings. The van der Waals surface area contributed by atoms with E-state index in [-0.39, 0.29) is 0 Å². The summed E-state index contributed by atoms with van der Waals surface area (Å²) in [6.07, 6.45) is 2.12. The van der Waals surface area contributed by atoms with Crippen LogP contribution in [0.3, 0.4) is 0 Å². The maximum Gasteiger partial charge on any atom is 0.137 e. The Morgan fingerprint density at radius 2 is 0.860 bits per heavy atom. The fourth-order valence-corrected chi connectivity index (χ4v) is 5.72. The van der Waals surface area contributed by atoms with Crippen molar-refractivity contribution < 1.29 is 0 Å². The van der Waals surface area contributed by atoms with Crippen molar-refractivity contribution in [3.63, 3.8) is 0 Å². The molecule has 4 heteroatoms. The molecule has 0 amide bonds. The number of benzene rings is 5. The third-order valence-electron chi connectivity index (χ3n) is 7.74. The van der Waals surface area contributed by atoms with Gasteiger partial charge in [0.15, 0.2) is 0 Å². The zero-order valence-corrected chi connectivity index (χ0v) is 24.3. The Kier molecular flexibility index (Phi) is 6.94. The number of hydrogen-bond acceptors (Lipinski definition) is 3. The van der Waals surface area contributed by atoms with E-state index in [1.807, 2.05) is 0 Å². The minimum absolute atomic E-state index is 0.970. The first-order chi connectivity index (χ1) is 21.1. The molecule has 7 aromatic rings. The summed E-state index contributed by atoms with van der Waals surface area (Å²) in [4.78, 5) is 9.49. The first-order valence-corrected chi connectivity index (χ1v) is 14.6. The number of aryl methyl sites for hydroxylation is 2. The standard InChI is InChI=1S/C39H32N4/c1-29-26-30(2)41-28-38(40-39(41)27-29)31-18-20-35(21-19-31)43(34-16-10-5-11-17-34)37-24-22-36(23-25-37)42(32-12-6-3-7-13-32)33-14-8-4-9-15-33/h3-28H,1-2H3. The molecule has 0 atom stereocenters. The summed E-state index contributed by atoms with van der Waals surface area (Å²) in [5, 5.41) is 0. The van der Waals surface area contributed by atoms with Gasteiger partial charge >= 0.3 is 0 Å². The lowest BCUT2D eigenvalue weighted by molar-refractivity contribution is 1.08. The van der Waals surface area contributed by atoms with E-state index in [0.717, 1.165) is 51.0 Å². The monoisotopic (exact) mass is 556 g/mol. The van der Waals surface area contributed by atoms with Gasteiger partial charge in [-0.25, -0.2) is 4.98 Å². The van der Waals surface area contributed by atoms with Gasteiger partial charge in [0, 0.05) is 51.6 Å². The van der Waals surface area contributed by atoms with Crippen LogP contribution < -0.4 is 9.80 Å². The highest BCUT2D eigenvalue weighted by Crippen LogP contribution is 2.39. The first-order valence-electron chi connectivity index (χ1n) is 14.6. The van der Waals surface area contributed by atoms with Gasteiger partial charge in [0.2, 0.25) is 0 Å². The van der Waals surface area contributed by atoms with Crippen LogP contribution in [0.1, 0.15) is 11.3 Å². The molecule has 7 rings (SSSR count).